The van der Waals surface area contributed by atoms with Gasteiger partial charge in [-0.25, -0.2) is 14.6 Å². The Kier molecular flexibility index (Phi) is 5.28. The molecule has 0 fully saturated rings. The van der Waals surface area contributed by atoms with E-state index in [1.165, 1.54) is 0 Å². The van der Waals surface area contributed by atoms with Crippen LogP contribution in [0.5, 0.6) is 0 Å². The van der Waals surface area contributed by atoms with Crippen LogP contribution in [0.2, 0.25) is 0 Å². The Hall–Kier alpha value is -4.55. The van der Waals surface area contributed by atoms with Crippen molar-refractivity contribution in [3.8, 4) is 23.7 Å². The van der Waals surface area contributed by atoms with Crippen molar-refractivity contribution in [2.75, 3.05) is 5.32 Å². The third kappa shape index (κ3) is 3.87. The molecule has 0 aliphatic carbocycles. The topological polar surface area (TPSA) is 107 Å². The van der Waals surface area contributed by atoms with E-state index in [1.54, 1.807) is 24.1 Å². The number of nitrogens with zero attached hydrogens (tertiary/aromatic N) is 7. The summed E-state index contributed by atoms with van der Waals surface area (Å²) < 4.78 is 3.64. The van der Waals surface area contributed by atoms with Gasteiger partial charge < -0.3 is 10.4 Å². The molecule has 0 spiro atoms. The largest absolute Gasteiger partial charge is 0.389 e. The fourth-order valence-corrected chi connectivity index (χ4v) is 3.78. The lowest BCUT2D eigenvalue weighted by Crippen LogP contribution is -2.07. The number of aryl methyl sites for hydroxylation is 2. The molecular weight excluding hydrogens is 428 g/mol. The summed E-state index contributed by atoms with van der Waals surface area (Å²) in [4.78, 5) is 9.15. The van der Waals surface area contributed by atoms with Crippen LogP contribution < -0.4 is 5.32 Å². The van der Waals surface area contributed by atoms with Crippen LogP contribution in [0.1, 0.15) is 35.7 Å². The van der Waals surface area contributed by atoms with Crippen molar-refractivity contribution >= 4 is 22.7 Å². The molecule has 0 bridgehead atoms. The number of benzene rings is 1. The predicted molar refractivity (Wildman–Crippen MR) is 129 cm³/mol. The number of rotatable bonds is 5. The number of fused-ring (bicyclic) bond motifs is 1. The van der Waals surface area contributed by atoms with E-state index in [0.29, 0.717) is 17.2 Å². The summed E-state index contributed by atoms with van der Waals surface area (Å²) >= 11 is 0. The predicted octanol–water partition coefficient (Wildman–Crippen LogP) is 3.79. The molecule has 34 heavy (non-hydrogen) atoms. The van der Waals surface area contributed by atoms with Gasteiger partial charge in [-0.1, -0.05) is 6.07 Å². The molecule has 5 aromatic rings. The van der Waals surface area contributed by atoms with Crippen molar-refractivity contribution in [2.45, 2.75) is 26.9 Å². The second-order valence-corrected chi connectivity index (χ2v) is 8.01. The van der Waals surface area contributed by atoms with Gasteiger partial charge >= 0.3 is 0 Å². The van der Waals surface area contributed by atoms with E-state index >= 15 is 0 Å². The van der Waals surface area contributed by atoms with Crippen LogP contribution in [-0.4, -0.2) is 39.6 Å². The standard InChI is InChI=1S/C25H22N8O/c1-5-18-10-16(3)33(31-18)23-12-20(7-8-21(23)17(4)34)32-14-27-22-11-19(13-26-25(22)32)28-24-9-6-15(2)29-30-24/h1,6-14,17,34H,2-4H3,(H,28,30). The van der Waals surface area contributed by atoms with Crippen molar-refractivity contribution in [3.63, 3.8) is 0 Å². The zero-order valence-electron chi connectivity index (χ0n) is 18.9. The van der Waals surface area contributed by atoms with Crippen molar-refractivity contribution in [1.29, 1.82) is 0 Å². The number of hydrogen-bond acceptors (Lipinski definition) is 7. The van der Waals surface area contributed by atoms with Gasteiger partial charge in [0.25, 0.3) is 0 Å². The molecule has 168 valence electrons. The lowest BCUT2D eigenvalue weighted by Gasteiger charge is -2.16. The van der Waals surface area contributed by atoms with Crippen molar-refractivity contribution in [1.82, 2.24) is 34.5 Å². The van der Waals surface area contributed by atoms with E-state index in [-0.39, 0.29) is 0 Å². The molecule has 9 nitrogen and oxygen atoms in total. The molecule has 4 aromatic heterocycles. The first kappa shape index (κ1) is 21.3. The lowest BCUT2D eigenvalue weighted by molar-refractivity contribution is 0.199. The fourth-order valence-electron chi connectivity index (χ4n) is 3.78. The Balaban J connectivity index is 1.55. The number of nitrogens with one attached hydrogen (secondary N) is 1. The van der Waals surface area contributed by atoms with Gasteiger partial charge in [0.15, 0.2) is 11.5 Å². The van der Waals surface area contributed by atoms with E-state index in [0.717, 1.165) is 39.5 Å². The lowest BCUT2D eigenvalue weighted by atomic mass is 10.1. The molecule has 9 heteroatoms. The van der Waals surface area contributed by atoms with Crippen LogP contribution in [0, 0.1) is 26.2 Å². The van der Waals surface area contributed by atoms with Crippen LogP contribution >= 0.6 is 0 Å². The monoisotopic (exact) mass is 450 g/mol. The Morgan fingerprint density at radius 1 is 1.06 bits per heavy atom. The van der Waals surface area contributed by atoms with E-state index in [1.807, 2.05) is 60.9 Å². The van der Waals surface area contributed by atoms with Gasteiger partial charge in [-0.15, -0.1) is 11.5 Å². The normalized spacial score (nSPS) is 12.0. The first-order valence-corrected chi connectivity index (χ1v) is 10.7. The minimum absolute atomic E-state index is 0.535. The van der Waals surface area contributed by atoms with E-state index < -0.39 is 6.10 Å². The van der Waals surface area contributed by atoms with E-state index in [4.69, 9.17) is 6.42 Å². The maximum Gasteiger partial charge on any atom is 0.164 e. The number of aliphatic hydroxyl groups excluding tert-OH is 1. The van der Waals surface area contributed by atoms with Gasteiger partial charge in [0, 0.05) is 11.3 Å². The highest BCUT2D eigenvalue weighted by Gasteiger charge is 2.16. The van der Waals surface area contributed by atoms with Gasteiger partial charge in [0.2, 0.25) is 0 Å². The first-order valence-electron chi connectivity index (χ1n) is 10.7. The van der Waals surface area contributed by atoms with E-state index in [2.05, 4.69) is 36.5 Å². The second kappa shape index (κ2) is 8.42. The molecule has 4 heterocycles. The highest BCUT2D eigenvalue weighted by Crippen LogP contribution is 2.28. The molecule has 1 aromatic carbocycles. The number of hydrogen-bond donors (Lipinski definition) is 2. The molecule has 1 atom stereocenters. The Morgan fingerprint density at radius 3 is 2.62 bits per heavy atom. The summed E-state index contributed by atoms with van der Waals surface area (Å²) in [5, 5.41) is 26.2. The maximum absolute atomic E-state index is 10.4. The molecule has 0 saturated carbocycles. The van der Waals surface area contributed by atoms with Crippen molar-refractivity contribution < 1.29 is 5.11 Å². The molecule has 0 aliphatic heterocycles. The number of aromatic nitrogens is 7. The zero-order valence-corrected chi connectivity index (χ0v) is 18.9. The van der Waals surface area contributed by atoms with Gasteiger partial charge in [-0.2, -0.15) is 10.2 Å². The molecule has 1 unspecified atom stereocenters. The average Bonchev–Trinajstić information content (AvgIpc) is 3.43. The summed E-state index contributed by atoms with van der Waals surface area (Å²) in [7, 11) is 0. The maximum atomic E-state index is 10.4. The number of aliphatic hydroxyl groups is 1. The average molecular weight is 451 g/mol. The molecule has 0 radical (unpaired) electrons. The highest BCUT2D eigenvalue weighted by atomic mass is 16.3. The molecule has 2 N–H and O–H groups in total. The third-order valence-corrected chi connectivity index (χ3v) is 5.46. The summed E-state index contributed by atoms with van der Waals surface area (Å²) in [6.07, 6.45) is 8.30. The molecule has 0 aliphatic rings. The van der Waals surface area contributed by atoms with Gasteiger partial charge in [-0.3, -0.25) is 4.57 Å². The summed E-state index contributed by atoms with van der Waals surface area (Å²) in [5.41, 5.74) is 6.73. The highest BCUT2D eigenvalue weighted by molar-refractivity contribution is 5.78. The van der Waals surface area contributed by atoms with Gasteiger partial charge in [0.05, 0.1) is 35.1 Å². The summed E-state index contributed by atoms with van der Waals surface area (Å²) in [5.74, 6) is 3.19. The number of imidazole rings is 1. The number of pyridine rings is 1. The van der Waals surface area contributed by atoms with Crippen LogP contribution in [0.25, 0.3) is 22.5 Å². The first-order chi connectivity index (χ1) is 16.4. The van der Waals surface area contributed by atoms with Crippen molar-refractivity contribution in [2.24, 2.45) is 0 Å². The molecule has 5 rings (SSSR count). The Labute approximate surface area is 196 Å². The smallest absolute Gasteiger partial charge is 0.164 e. The minimum Gasteiger partial charge on any atom is -0.389 e. The quantitative estimate of drug-likeness (QED) is 0.392. The summed E-state index contributed by atoms with van der Waals surface area (Å²) in [6.45, 7) is 5.53. The SMILES string of the molecule is C#Cc1cc(C)n(-c2cc(-n3cnc4cc(Nc5ccc(C)nn5)cnc43)ccc2C(C)O)n1. The number of anilines is 2. The number of terminal acetylenes is 1. The minimum atomic E-state index is -0.682. The molecule has 0 amide bonds. The van der Waals surface area contributed by atoms with Crippen LogP contribution in [0.15, 0.2) is 55.0 Å². The third-order valence-electron chi connectivity index (χ3n) is 5.46. The molecule has 0 saturated heterocycles. The van der Waals surface area contributed by atoms with E-state index in [9.17, 15) is 5.11 Å². The second-order valence-electron chi connectivity index (χ2n) is 8.01. The van der Waals surface area contributed by atoms with Gasteiger partial charge in [0.1, 0.15) is 17.5 Å². The van der Waals surface area contributed by atoms with Crippen LogP contribution in [0.3, 0.4) is 0 Å². The Morgan fingerprint density at radius 2 is 1.91 bits per heavy atom. The Bertz CT molecular complexity index is 1540. The summed E-state index contributed by atoms with van der Waals surface area (Å²) in [6, 6.07) is 13.2. The van der Waals surface area contributed by atoms with Crippen LogP contribution in [0.4, 0.5) is 11.5 Å². The van der Waals surface area contributed by atoms with Gasteiger partial charge in [-0.05, 0) is 63.1 Å². The zero-order chi connectivity index (χ0) is 23.8. The molecular formula is C25H22N8O. The van der Waals surface area contributed by atoms with Crippen LogP contribution in [-0.2, 0) is 0 Å². The van der Waals surface area contributed by atoms with Crippen molar-refractivity contribution in [3.05, 3.63) is 77.6 Å². The fraction of sp³-hybridized carbons (Fsp3) is 0.160.